The van der Waals surface area contributed by atoms with Gasteiger partial charge in [0.1, 0.15) is 22.7 Å². The van der Waals surface area contributed by atoms with E-state index in [2.05, 4.69) is 10.1 Å². The van der Waals surface area contributed by atoms with E-state index >= 15 is 0 Å². The molecule has 0 aliphatic heterocycles. The van der Waals surface area contributed by atoms with E-state index in [1.54, 1.807) is 13.0 Å². The first-order valence-corrected chi connectivity index (χ1v) is 9.94. The van der Waals surface area contributed by atoms with Crippen molar-refractivity contribution in [3.63, 3.8) is 0 Å². The molecular weight excluding hydrogens is 388 g/mol. The minimum atomic E-state index is -0.0907. The van der Waals surface area contributed by atoms with Crippen LogP contribution in [0, 0.1) is 6.92 Å². The van der Waals surface area contributed by atoms with Gasteiger partial charge >= 0.3 is 0 Å². The van der Waals surface area contributed by atoms with E-state index in [-0.39, 0.29) is 11.9 Å². The van der Waals surface area contributed by atoms with Crippen LogP contribution in [0.3, 0.4) is 0 Å². The van der Waals surface area contributed by atoms with Gasteiger partial charge in [-0.15, -0.1) is 0 Å². The second-order valence-electron chi connectivity index (χ2n) is 7.28. The van der Waals surface area contributed by atoms with Gasteiger partial charge in [-0.25, -0.2) is 4.98 Å². The molecule has 1 aromatic carbocycles. The quantitative estimate of drug-likeness (QED) is 0.479. The Morgan fingerprint density at radius 1 is 1.24 bits per heavy atom. The average molecular weight is 407 g/mol. The van der Waals surface area contributed by atoms with Crippen molar-refractivity contribution in [3.8, 4) is 11.3 Å². The Bertz CT molecular complexity index is 1210. The van der Waals surface area contributed by atoms with Crippen LogP contribution in [0.4, 0.5) is 0 Å². The van der Waals surface area contributed by atoms with Gasteiger partial charge in [0, 0.05) is 17.8 Å². The van der Waals surface area contributed by atoms with Crippen molar-refractivity contribution in [1.29, 1.82) is 0 Å². The predicted octanol–water partition coefficient (Wildman–Crippen LogP) is 4.76. The molecule has 0 unspecified atom stereocenters. The lowest BCUT2D eigenvalue weighted by molar-refractivity contribution is 0.0726. The number of aromatic nitrogens is 3. The molecule has 0 atom stereocenters. The number of pyridine rings is 1. The van der Waals surface area contributed by atoms with E-state index in [1.165, 1.54) is 0 Å². The smallest absolute Gasteiger partial charge is 0.260 e. The standard InChI is InChI=1S/C22H19ClN4O2/c1-14-20(21(25-29-14)17-6-2-3-7-18(17)23)22(28)27(15-9-10-15)13-16-12-24-19-8-4-5-11-26(16)19/h2-8,11-12,15H,9-10,13H2,1H3. The molecule has 1 saturated carbocycles. The highest BCUT2D eigenvalue weighted by molar-refractivity contribution is 6.33. The molecule has 1 aliphatic rings. The van der Waals surface area contributed by atoms with Crippen LogP contribution < -0.4 is 0 Å². The van der Waals surface area contributed by atoms with Crippen molar-refractivity contribution in [1.82, 2.24) is 19.4 Å². The van der Waals surface area contributed by atoms with Crippen molar-refractivity contribution in [2.24, 2.45) is 0 Å². The van der Waals surface area contributed by atoms with Gasteiger partial charge in [0.05, 0.1) is 23.5 Å². The number of nitrogens with zero attached hydrogens (tertiary/aromatic N) is 4. The molecule has 0 saturated heterocycles. The maximum Gasteiger partial charge on any atom is 0.260 e. The van der Waals surface area contributed by atoms with E-state index in [0.717, 1.165) is 24.2 Å². The molecule has 29 heavy (non-hydrogen) atoms. The topological polar surface area (TPSA) is 63.6 Å². The van der Waals surface area contributed by atoms with Gasteiger partial charge in [-0.2, -0.15) is 0 Å². The molecule has 6 nitrogen and oxygen atoms in total. The lowest BCUT2D eigenvalue weighted by atomic mass is 10.0. The molecule has 3 heterocycles. The first-order valence-electron chi connectivity index (χ1n) is 9.56. The first-order chi connectivity index (χ1) is 14.1. The molecule has 0 bridgehead atoms. The Balaban J connectivity index is 1.53. The van der Waals surface area contributed by atoms with E-state index in [4.69, 9.17) is 16.1 Å². The van der Waals surface area contributed by atoms with Crippen LogP contribution in [0.1, 0.15) is 34.7 Å². The van der Waals surface area contributed by atoms with Crippen molar-refractivity contribution in [3.05, 3.63) is 76.9 Å². The molecule has 1 amide bonds. The third kappa shape index (κ3) is 3.19. The van der Waals surface area contributed by atoms with E-state index in [9.17, 15) is 4.79 Å². The summed E-state index contributed by atoms with van der Waals surface area (Å²) in [6.07, 6.45) is 5.78. The molecular formula is C22H19ClN4O2. The summed E-state index contributed by atoms with van der Waals surface area (Å²) in [4.78, 5) is 20.0. The van der Waals surface area contributed by atoms with Crippen molar-refractivity contribution in [2.75, 3.05) is 0 Å². The number of carbonyl (C=O) groups is 1. The van der Waals surface area contributed by atoms with Crippen molar-refractivity contribution in [2.45, 2.75) is 32.4 Å². The van der Waals surface area contributed by atoms with Crippen molar-refractivity contribution < 1.29 is 9.32 Å². The molecule has 0 spiro atoms. The monoisotopic (exact) mass is 406 g/mol. The predicted molar refractivity (Wildman–Crippen MR) is 110 cm³/mol. The van der Waals surface area contributed by atoms with E-state index in [0.29, 0.717) is 34.1 Å². The van der Waals surface area contributed by atoms with Crippen LogP contribution in [-0.2, 0) is 6.54 Å². The Morgan fingerprint density at radius 3 is 2.83 bits per heavy atom. The van der Waals surface area contributed by atoms with Crippen LogP contribution in [-0.4, -0.2) is 31.4 Å². The Morgan fingerprint density at radius 2 is 2.03 bits per heavy atom. The Hall–Kier alpha value is -3.12. The molecule has 1 fully saturated rings. The summed E-state index contributed by atoms with van der Waals surface area (Å²) in [5, 5.41) is 4.69. The number of aryl methyl sites for hydroxylation is 1. The zero-order valence-electron chi connectivity index (χ0n) is 15.9. The van der Waals surface area contributed by atoms with Crippen LogP contribution in [0.2, 0.25) is 5.02 Å². The highest BCUT2D eigenvalue weighted by atomic mass is 35.5. The van der Waals surface area contributed by atoms with Gasteiger partial charge in [0.2, 0.25) is 0 Å². The number of amides is 1. The fraction of sp³-hybridized carbons (Fsp3) is 0.227. The largest absolute Gasteiger partial charge is 0.360 e. The lowest BCUT2D eigenvalue weighted by Crippen LogP contribution is -2.33. The van der Waals surface area contributed by atoms with Crippen LogP contribution in [0.15, 0.2) is 59.4 Å². The fourth-order valence-electron chi connectivity index (χ4n) is 3.63. The molecule has 3 aromatic heterocycles. The second kappa shape index (κ2) is 7.04. The minimum Gasteiger partial charge on any atom is -0.360 e. The van der Waals surface area contributed by atoms with Gasteiger partial charge < -0.3 is 13.8 Å². The van der Waals surface area contributed by atoms with Gasteiger partial charge in [-0.1, -0.05) is 41.0 Å². The number of fused-ring (bicyclic) bond motifs is 1. The van der Waals surface area contributed by atoms with Crippen LogP contribution in [0.25, 0.3) is 16.9 Å². The molecule has 7 heteroatoms. The molecule has 146 valence electrons. The number of benzene rings is 1. The summed E-state index contributed by atoms with van der Waals surface area (Å²) in [7, 11) is 0. The van der Waals surface area contributed by atoms with E-state index < -0.39 is 0 Å². The summed E-state index contributed by atoms with van der Waals surface area (Å²) in [5.41, 5.74) is 3.48. The van der Waals surface area contributed by atoms with Crippen LogP contribution in [0.5, 0.6) is 0 Å². The summed E-state index contributed by atoms with van der Waals surface area (Å²) in [6.45, 7) is 2.24. The Labute approximate surface area is 172 Å². The number of rotatable bonds is 5. The normalized spacial score (nSPS) is 13.7. The van der Waals surface area contributed by atoms with Gasteiger partial charge in [0.25, 0.3) is 5.91 Å². The second-order valence-corrected chi connectivity index (χ2v) is 7.69. The lowest BCUT2D eigenvalue weighted by Gasteiger charge is -2.22. The summed E-state index contributed by atoms with van der Waals surface area (Å²) >= 11 is 6.36. The maximum atomic E-state index is 13.6. The molecule has 5 rings (SSSR count). The number of carbonyl (C=O) groups excluding carboxylic acids is 1. The third-order valence-corrected chi connectivity index (χ3v) is 5.61. The molecule has 1 aliphatic carbocycles. The summed E-state index contributed by atoms with van der Waals surface area (Å²) in [5.74, 6) is 0.403. The minimum absolute atomic E-state index is 0.0907. The summed E-state index contributed by atoms with van der Waals surface area (Å²) < 4.78 is 7.42. The fourth-order valence-corrected chi connectivity index (χ4v) is 3.86. The molecule has 0 radical (unpaired) electrons. The zero-order valence-corrected chi connectivity index (χ0v) is 16.6. The van der Waals surface area contributed by atoms with Gasteiger partial charge in [0.15, 0.2) is 0 Å². The maximum absolute atomic E-state index is 13.6. The number of imidazole rings is 1. The van der Waals surface area contributed by atoms with Crippen molar-refractivity contribution >= 4 is 23.2 Å². The number of hydrogen-bond acceptors (Lipinski definition) is 4. The number of halogens is 1. The SMILES string of the molecule is Cc1onc(-c2ccccc2Cl)c1C(=O)N(Cc1cnc2ccccn12)C1CC1. The van der Waals surface area contributed by atoms with Crippen LogP contribution >= 0.6 is 11.6 Å². The van der Waals surface area contributed by atoms with Gasteiger partial charge in [-0.05, 0) is 38.0 Å². The highest BCUT2D eigenvalue weighted by Gasteiger charge is 2.36. The first kappa shape index (κ1) is 17.9. The highest BCUT2D eigenvalue weighted by Crippen LogP contribution is 2.35. The van der Waals surface area contributed by atoms with Gasteiger partial charge in [-0.3, -0.25) is 4.79 Å². The Kier molecular flexibility index (Phi) is 4.36. The summed E-state index contributed by atoms with van der Waals surface area (Å²) in [6, 6.07) is 13.4. The average Bonchev–Trinajstić information content (AvgIpc) is 3.38. The number of hydrogen-bond donors (Lipinski definition) is 0. The zero-order chi connectivity index (χ0) is 20.0. The van der Waals surface area contributed by atoms with E-state index in [1.807, 2.05) is 58.1 Å². The third-order valence-electron chi connectivity index (χ3n) is 5.28. The molecule has 4 aromatic rings. The molecule has 0 N–H and O–H groups in total.